The molecule has 0 aliphatic rings. The Kier molecular flexibility index (Phi) is 3.87. The van der Waals surface area contributed by atoms with Crippen molar-refractivity contribution in [3.63, 3.8) is 0 Å². The zero-order chi connectivity index (χ0) is 14.2. The van der Waals surface area contributed by atoms with Crippen molar-refractivity contribution in [3.8, 4) is 0 Å². The lowest BCUT2D eigenvalue weighted by Crippen LogP contribution is -2.18. The molecule has 1 aromatic heterocycles. The predicted octanol–water partition coefficient (Wildman–Crippen LogP) is 2.90. The van der Waals surface area contributed by atoms with E-state index in [1.165, 1.54) is 18.2 Å². The summed E-state index contributed by atoms with van der Waals surface area (Å²) in [5.41, 5.74) is 7.10. The number of hydrogen-bond acceptors (Lipinski definition) is 2. The van der Waals surface area contributed by atoms with Crippen molar-refractivity contribution in [2.45, 2.75) is 19.4 Å². The monoisotopic (exact) mass is 285 g/mol. The first kappa shape index (κ1) is 14.0. The van der Waals surface area contributed by atoms with Crippen LogP contribution in [0.1, 0.15) is 23.0 Å². The first-order chi connectivity index (χ1) is 8.91. The summed E-state index contributed by atoms with van der Waals surface area (Å²) >= 11 is 6.10. The number of aryl methyl sites for hydroxylation is 2. The Hall–Kier alpha value is -1.46. The van der Waals surface area contributed by atoms with Crippen LogP contribution in [0.25, 0.3) is 0 Å². The third-order valence-electron chi connectivity index (χ3n) is 3.05. The Bertz CT molecular complexity index is 590. The summed E-state index contributed by atoms with van der Waals surface area (Å²) in [6.07, 6.45) is 0.216. The minimum absolute atomic E-state index is 0.127. The Morgan fingerprint density at radius 2 is 1.95 bits per heavy atom. The number of benzene rings is 1. The van der Waals surface area contributed by atoms with Crippen LogP contribution in [0.5, 0.6) is 0 Å². The van der Waals surface area contributed by atoms with Crippen LogP contribution in [0.2, 0.25) is 5.02 Å². The maximum atomic E-state index is 13.6. The topological polar surface area (TPSA) is 43.8 Å². The van der Waals surface area contributed by atoms with Crippen LogP contribution in [0, 0.1) is 18.6 Å². The molecule has 0 bridgehead atoms. The fourth-order valence-electron chi connectivity index (χ4n) is 2.08. The van der Waals surface area contributed by atoms with E-state index in [1.807, 2.05) is 0 Å². The van der Waals surface area contributed by atoms with Crippen molar-refractivity contribution in [2.24, 2.45) is 12.8 Å². The second kappa shape index (κ2) is 5.27. The largest absolute Gasteiger partial charge is 0.323 e. The zero-order valence-electron chi connectivity index (χ0n) is 10.6. The average Bonchev–Trinajstić information content (AvgIpc) is 2.56. The lowest BCUT2D eigenvalue weighted by molar-refractivity contribution is 0.518. The van der Waals surface area contributed by atoms with Gasteiger partial charge in [-0.25, -0.2) is 8.78 Å². The Labute approximate surface area is 115 Å². The minimum atomic E-state index is -0.812. The van der Waals surface area contributed by atoms with Gasteiger partial charge in [-0.2, -0.15) is 5.10 Å². The summed E-state index contributed by atoms with van der Waals surface area (Å²) < 4.78 is 28.8. The summed E-state index contributed by atoms with van der Waals surface area (Å²) in [5.74, 6) is -1.30. The van der Waals surface area contributed by atoms with Gasteiger partial charge in [0.05, 0.1) is 16.4 Å². The molecule has 2 N–H and O–H groups in total. The van der Waals surface area contributed by atoms with E-state index in [0.29, 0.717) is 16.4 Å². The van der Waals surface area contributed by atoms with E-state index in [1.54, 1.807) is 18.7 Å². The smallest absolute Gasteiger partial charge is 0.130 e. The number of nitrogens with zero attached hydrogens (tertiary/aromatic N) is 2. The molecule has 3 nitrogen and oxygen atoms in total. The highest BCUT2D eigenvalue weighted by molar-refractivity contribution is 6.31. The van der Waals surface area contributed by atoms with Gasteiger partial charge in [0.15, 0.2) is 0 Å². The van der Waals surface area contributed by atoms with Crippen LogP contribution < -0.4 is 5.73 Å². The molecule has 19 heavy (non-hydrogen) atoms. The van der Waals surface area contributed by atoms with Crippen molar-refractivity contribution in [1.29, 1.82) is 0 Å². The molecular formula is C13H14ClF2N3. The van der Waals surface area contributed by atoms with Gasteiger partial charge in [-0.1, -0.05) is 17.7 Å². The van der Waals surface area contributed by atoms with E-state index in [0.717, 1.165) is 0 Å². The summed E-state index contributed by atoms with van der Waals surface area (Å²) in [6.45, 7) is 1.76. The molecular weight excluding hydrogens is 272 g/mol. The first-order valence-corrected chi connectivity index (χ1v) is 6.17. The molecule has 0 spiro atoms. The van der Waals surface area contributed by atoms with Crippen LogP contribution >= 0.6 is 11.6 Å². The van der Waals surface area contributed by atoms with E-state index < -0.39 is 17.7 Å². The quantitative estimate of drug-likeness (QED) is 0.942. The third-order valence-corrected chi connectivity index (χ3v) is 3.54. The highest BCUT2D eigenvalue weighted by Gasteiger charge is 2.20. The fraction of sp³-hybridized carbons (Fsp3) is 0.308. The molecule has 0 fully saturated rings. The van der Waals surface area contributed by atoms with Gasteiger partial charge in [-0.3, -0.25) is 4.68 Å². The molecule has 2 rings (SSSR count). The maximum absolute atomic E-state index is 13.6. The van der Waals surface area contributed by atoms with Crippen LogP contribution in [0.3, 0.4) is 0 Å². The number of halogens is 3. The number of rotatable bonds is 3. The molecule has 1 atom stereocenters. The van der Waals surface area contributed by atoms with Crippen LogP contribution in [-0.4, -0.2) is 9.78 Å². The van der Waals surface area contributed by atoms with Gasteiger partial charge in [-0.15, -0.1) is 0 Å². The molecule has 0 amide bonds. The lowest BCUT2D eigenvalue weighted by Gasteiger charge is -2.14. The molecule has 6 heteroatoms. The molecule has 2 aromatic rings. The Morgan fingerprint density at radius 1 is 1.37 bits per heavy atom. The molecule has 0 radical (unpaired) electrons. The van der Waals surface area contributed by atoms with Crippen molar-refractivity contribution in [2.75, 3.05) is 0 Å². The molecule has 102 valence electrons. The second-order valence-corrected chi connectivity index (χ2v) is 4.79. The van der Waals surface area contributed by atoms with E-state index in [-0.39, 0.29) is 12.0 Å². The maximum Gasteiger partial charge on any atom is 0.130 e. The van der Waals surface area contributed by atoms with Gasteiger partial charge in [0.25, 0.3) is 0 Å². The number of nitrogens with two attached hydrogens (primary N) is 1. The molecule has 1 unspecified atom stereocenters. The molecule has 1 aromatic carbocycles. The van der Waals surface area contributed by atoms with E-state index in [2.05, 4.69) is 5.10 Å². The zero-order valence-corrected chi connectivity index (χ0v) is 11.4. The summed E-state index contributed by atoms with van der Waals surface area (Å²) in [5, 5.41) is 4.63. The van der Waals surface area contributed by atoms with E-state index in [4.69, 9.17) is 17.3 Å². The normalized spacial score (nSPS) is 12.7. The summed E-state index contributed by atoms with van der Waals surface area (Å²) in [4.78, 5) is 0. The Morgan fingerprint density at radius 3 is 2.42 bits per heavy atom. The van der Waals surface area contributed by atoms with Crippen LogP contribution in [0.4, 0.5) is 8.78 Å². The van der Waals surface area contributed by atoms with Crippen molar-refractivity contribution in [3.05, 3.63) is 51.8 Å². The Balaban J connectivity index is 2.33. The SMILES string of the molecule is Cc1nn(C)c(CC(N)c2c(F)cccc2F)c1Cl. The molecule has 0 saturated heterocycles. The van der Waals surface area contributed by atoms with Gasteiger partial charge in [-0.05, 0) is 19.1 Å². The average molecular weight is 286 g/mol. The highest BCUT2D eigenvalue weighted by atomic mass is 35.5. The van der Waals surface area contributed by atoms with Gasteiger partial charge in [0, 0.05) is 25.1 Å². The van der Waals surface area contributed by atoms with Gasteiger partial charge in [0.2, 0.25) is 0 Å². The minimum Gasteiger partial charge on any atom is -0.323 e. The second-order valence-electron chi connectivity index (χ2n) is 4.42. The van der Waals surface area contributed by atoms with Gasteiger partial charge < -0.3 is 5.73 Å². The summed E-state index contributed by atoms with van der Waals surface area (Å²) in [7, 11) is 1.72. The standard InChI is InChI=1S/C13H14ClF2N3/c1-7-13(14)11(19(2)18-7)6-10(17)12-8(15)4-3-5-9(12)16/h3-5,10H,6,17H2,1-2H3. The molecule has 0 saturated carbocycles. The van der Waals surface area contributed by atoms with Crippen molar-refractivity contribution < 1.29 is 8.78 Å². The molecule has 0 aliphatic heterocycles. The number of aromatic nitrogens is 2. The third kappa shape index (κ3) is 2.62. The fourth-order valence-corrected chi connectivity index (χ4v) is 2.31. The van der Waals surface area contributed by atoms with E-state index >= 15 is 0 Å². The van der Waals surface area contributed by atoms with Gasteiger partial charge >= 0.3 is 0 Å². The summed E-state index contributed by atoms with van der Waals surface area (Å²) in [6, 6.07) is 2.87. The highest BCUT2D eigenvalue weighted by Crippen LogP contribution is 2.26. The number of hydrogen-bond donors (Lipinski definition) is 1. The predicted molar refractivity (Wildman–Crippen MR) is 69.9 cm³/mol. The van der Waals surface area contributed by atoms with Crippen LogP contribution in [0.15, 0.2) is 18.2 Å². The van der Waals surface area contributed by atoms with Crippen molar-refractivity contribution >= 4 is 11.6 Å². The van der Waals surface area contributed by atoms with Crippen LogP contribution in [-0.2, 0) is 13.5 Å². The van der Waals surface area contributed by atoms with Crippen molar-refractivity contribution in [1.82, 2.24) is 9.78 Å². The lowest BCUT2D eigenvalue weighted by atomic mass is 10.0. The van der Waals surface area contributed by atoms with E-state index in [9.17, 15) is 8.78 Å². The first-order valence-electron chi connectivity index (χ1n) is 5.79. The van der Waals surface area contributed by atoms with Gasteiger partial charge in [0.1, 0.15) is 11.6 Å². The molecule has 1 heterocycles. The molecule has 0 aliphatic carbocycles.